The Labute approximate surface area is 136 Å². The third-order valence-electron chi connectivity index (χ3n) is 3.92. The van der Waals surface area contributed by atoms with Crippen molar-refractivity contribution < 1.29 is 0 Å². The highest BCUT2D eigenvalue weighted by molar-refractivity contribution is 7.11. The topological polar surface area (TPSA) is 50.7 Å². The van der Waals surface area contributed by atoms with E-state index >= 15 is 0 Å². The van der Waals surface area contributed by atoms with Crippen molar-refractivity contribution in [1.29, 1.82) is 0 Å². The molecule has 0 aromatic carbocycles. The van der Waals surface area contributed by atoms with Gasteiger partial charge < -0.3 is 5.32 Å². The normalized spacial score (nSPS) is 14.2. The van der Waals surface area contributed by atoms with E-state index in [0.29, 0.717) is 5.92 Å². The van der Waals surface area contributed by atoms with Gasteiger partial charge in [0.25, 0.3) is 0 Å². The molecule has 0 bridgehead atoms. The lowest BCUT2D eigenvalue weighted by molar-refractivity contribution is 0.680. The maximum atomic E-state index is 4.79. The van der Waals surface area contributed by atoms with Crippen molar-refractivity contribution in [2.24, 2.45) is 0 Å². The number of nitrogens with zero attached hydrogens (tertiary/aromatic N) is 3. The number of aromatic nitrogens is 3. The van der Waals surface area contributed by atoms with Gasteiger partial charge in [0.15, 0.2) is 0 Å². The second kappa shape index (κ2) is 6.73. The SMILES string of the molecule is Cc1cc(NCCc2nc3c(s2)CCCC3)nc(C(C)C)n1. The molecule has 2 aromatic rings. The third kappa shape index (κ3) is 3.64. The van der Waals surface area contributed by atoms with Crippen LogP contribution in [0.5, 0.6) is 0 Å². The van der Waals surface area contributed by atoms with E-state index in [1.54, 1.807) is 0 Å². The van der Waals surface area contributed by atoms with E-state index in [9.17, 15) is 0 Å². The Morgan fingerprint density at radius 1 is 1.18 bits per heavy atom. The molecule has 4 nitrogen and oxygen atoms in total. The Hall–Kier alpha value is -1.49. The number of anilines is 1. The molecule has 22 heavy (non-hydrogen) atoms. The third-order valence-corrected chi connectivity index (χ3v) is 5.14. The van der Waals surface area contributed by atoms with Crippen LogP contribution in [0.4, 0.5) is 5.82 Å². The quantitative estimate of drug-likeness (QED) is 0.909. The molecule has 1 aliphatic carbocycles. The zero-order chi connectivity index (χ0) is 15.5. The fourth-order valence-electron chi connectivity index (χ4n) is 2.75. The van der Waals surface area contributed by atoms with Crippen molar-refractivity contribution in [3.8, 4) is 0 Å². The van der Waals surface area contributed by atoms with Gasteiger partial charge in [0.05, 0.1) is 10.7 Å². The van der Waals surface area contributed by atoms with E-state index < -0.39 is 0 Å². The largest absolute Gasteiger partial charge is 0.370 e. The predicted molar refractivity (Wildman–Crippen MR) is 91.8 cm³/mol. The molecule has 2 aromatic heterocycles. The van der Waals surface area contributed by atoms with Gasteiger partial charge in [-0.1, -0.05) is 13.8 Å². The second-order valence-corrected chi connectivity index (χ2v) is 7.44. The minimum Gasteiger partial charge on any atom is -0.370 e. The van der Waals surface area contributed by atoms with Crippen molar-refractivity contribution >= 4 is 17.2 Å². The molecule has 0 radical (unpaired) electrons. The van der Waals surface area contributed by atoms with Crippen LogP contribution in [-0.2, 0) is 19.3 Å². The molecule has 0 aliphatic heterocycles. The van der Waals surface area contributed by atoms with Crippen LogP contribution in [0.3, 0.4) is 0 Å². The molecule has 5 heteroatoms. The van der Waals surface area contributed by atoms with Gasteiger partial charge in [-0.05, 0) is 32.6 Å². The summed E-state index contributed by atoms with van der Waals surface area (Å²) in [5.74, 6) is 2.19. The minimum atomic E-state index is 0.353. The Balaban J connectivity index is 1.60. The Kier molecular flexibility index (Phi) is 4.71. The number of nitrogens with one attached hydrogen (secondary N) is 1. The smallest absolute Gasteiger partial charge is 0.133 e. The monoisotopic (exact) mass is 316 g/mol. The number of aryl methyl sites for hydroxylation is 3. The number of rotatable bonds is 5. The average Bonchev–Trinajstić information content (AvgIpc) is 2.89. The van der Waals surface area contributed by atoms with Crippen molar-refractivity contribution in [3.05, 3.63) is 33.2 Å². The number of thiazole rings is 1. The first-order chi connectivity index (χ1) is 10.6. The maximum absolute atomic E-state index is 4.79. The van der Waals surface area contributed by atoms with Crippen molar-refractivity contribution in [2.75, 3.05) is 11.9 Å². The van der Waals surface area contributed by atoms with Gasteiger partial charge in [-0.3, -0.25) is 0 Å². The van der Waals surface area contributed by atoms with Gasteiger partial charge in [-0.2, -0.15) is 0 Å². The standard InChI is InChI=1S/C17H24N4S/c1-11(2)17-19-12(3)10-15(21-17)18-9-8-16-20-13-6-4-5-7-14(13)22-16/h10-11H,4-9H2,1-3H3,(H,18,19,21). The van der Waals surface area contributed by atoms with Crippen molar-refractivity contribution in [3.63, 3.8) is 0 Å². The van der Waals surface area contributed by atoms with E-state index in [1.807, 2.05) is 24.3 Å². The molecule has 0 fully saturated rings. The van der Waals surface area contributed by atoms with Crippen LogP contribution in [0.2, 0.25) is 0 Å². The second-order valence-electron chi connectivity index (χ2n) is 6.27. The van der Waals surface area contributed by atoms with Crippen LogP contribution in [0, 0.1) is 6.92 Å². The van der Waals surface area contributed by atoms with Crippen LogP contribution in [0.25, 0.3) is 0 Å². The fraction of sp³-hybridized carbons (Fsp3) is 0.588. The Morgan fingerprint density at radius 2 is 2.00 bits per heavy atom. The average molecular weight is 316 g/mol. The Morgan fingerprint density at radius 3 is 2.77 bits per heavy atom. The molecule has 0 saturated carbocycles. The summed E-state index contributed by atoms with van der Waals surface area (Å²) >= 11 is 1.90. The molecule has 0 spiro atoms. The Bertz CT molecular complexity index is 625. The lowest BCUT2D eigenvalue weighted by Gasteiger charge is -2.09. The summed E-state index contributed by atoms with van der Waals surface area (Å²) in [7, 11) is 0. The highest BCUT2D eigenvalue weighted by Crippen LogP contribution is 2.26. The van der Waals surface area contributed by atoms with Gasteiger partial charge in [0.2, 0.25) is 0 Å². The molecule has 0 saturated heterocycles. The van der Waals surface area contributed by atoms with Gasteiger partial charge in [-0.25, -0.2) is 15.0 Å². The summed E-state index contributed by atoms with van der Waals surface area (Å²) in [5, 5.41) is 4.68. The zero-order valence-electron chi connectivity index (χ0n) is 13.6. The zero-order valence-corrected chi connectivity index (χ0v) is 14.5. The van der Waals surface area contributed by atoms with E-state index in [0.717, 1.165) is 30.3 Å². The molecule has 1 N–H and O–H groups in total. The lowest BCUT2D eigenvalue weighted by atomic mass is 10.0. The highest BCUT2D eigenvalue weighted by Gasteiger charge is 2.14. The maximum Gasteiger partial charge on any atom is 0.133 e. The summed E-state index contributed by atoms with van der Waals surface area (Å²) in [5.41, 5.74) is 2.37. The first kappa shape index (κ1) is 15.4. The van der Waals surface area contributed by atoms with Crippen LogP contribution in [0.15, 0.2) is 6.07 Å². The molecule has 1 aliphatic rings. The molecule has 0 unspecified atom stereocenters. The van der Waals surface area contributed by atoms with Crippen LogP contribution in [-0.4, -0.2) is 21.5 Å². The molecule has 0 amide bonds. The van der Waals surface area contributed by atoms with Crippen LogP contribution in [0.1, 0.15) is 59.7 Å². The van der Waals surface area contributed by atoms with E-state index in [4.69, 9.17) is 4.98 Å². The van der Waals surface area contributed by atoms with Gasteiger partial charge in [-0.15, -0.1) is 11.3 Å². The fourth-order valence-corrected chi connectivity index (χ4v) is 3.91. The summed E-state index contributed by atoms with van der Waals surface area (Å²) in [6.45, 7) is 7.14. The molecular weight excluding hydrogens is 292 g/mol. The molecule has 2 heterocycles. The molecule has 0 atom stereocenters. The van der Waals surface area contributed by atoms with Gasteiger partial charge in [0, 0.05) is 35.5 Å². The van der Waals surface area contributed by atoms with Crippen LogP contribution < -0.4 is 5.32 Å². The number of hydrogen-bond acceptors (Lipinski definition) is 5. The van der Waals surface area contributed by atoms with Crippen molar-refractivity contribution in [2.45, 2.75) is 58.8 Å². The summed E-state index contributed by atoms with van der Waals surface area (Å²) in [4.78, 5) is 15.4. The predicted octanol–water partition coefficient (Wildman–Crippen LogP) is 3.90. The lowest BCUT2D eigenvalue weighted by Crippen LogP contribution is -2.09. The molecular formula is C17H24N4S. The van der Waals surface area contributed by atoms with E-state index in [2.05, 4.69) is 29.1 Å². The first-order valence-electron chi connectivity index (χ1n) is 8.18. The van der Waals surface area contributed by atoms with Gasteiger partial charge in [0.1, 0.15) is 11.6 Å². The van der Waals surface area contributed by atoms with Gasteiger partial charge >= 0.3 is 0 Å². The summed E-state index contributed by atoms with van der Waals surface area (Å²) < 4.78 is 0. The van der Waals surface area contributed by atoms with Crippen LogP contribution >= 0.6 is 11.3 Å². The van der Waals surface area contributed by atoms with E-state index in [-0.39, 0.29) is 0 Å². The number of hydrogen-bond donors (Lipinski definition) is 1. The summed E-state index contributed by atoms with van der Waals surface area (Å²) in [6.07, 6.45) is 5.99. The minimum absolute atomic E-state index is 0.353. The molecule has 118 valence electrons. The molecule has 3 rings (SSSR count). The van der Waals surface area contributed by atoms with Crippen molar-refractivity contribution in [1.82, 2.24) is 15.0 Å². The first-order valence-corrected chi connectivity index (χ1v) is 9.00. The number of fused-ring (bicyclic) bond motifs is 1. The summed E-state index contributed by atoms with van der Waals surface area (Å²) in [6, 6.07) is 2.01. The highest BCUT2D eigenvalue weighted by atomic mass is 32.1. The van der Waals surface area contributed by atoms with E-state index in [1.165, 1.54) is 41.3 Å².